The number of fused-ring (bicyclic) bond motifs is 1. The van der Waals surface area contributed by atoms with Gasteiger partial charge in [0, 0.05) is 18.0 Å². The predicted octanol–water partition coefficient (Wildman–Crippen LogP) is 2.38. The van der Waals surface area contributed by atoms with Crippen molar-refractivity contribution in [1.82, 2.24) is 9.61 Å². The number of carbonyl (C=O) groups is 1. The van der Waals surface area contributed by atoms with Crippen molar-refractivity contribution >= 4 is 39.0 Å². The summed E-state index contributed by atoms with van der Waals surface area (Å²) in [6.07, 6.45) is 3.18. The number of hydrogen-bond acceptors (Lipinski definition) is 2. The van der Waals surface area contributed by atoms with Gasteiger partial charge in [-0.15, -0.1) is 0 Å². The number of halogens is 2. The molecule has 78 valence electrons. The van der Waals surface area contributed by atoms with Crippen LogP contribution in [0.2, 0.25) is 5.02 Å². The summed E-state index contributed by atoms with van der Waals surface area (Å²) >= 11 is 9.28. The van der Waals surface area contributed by atoms with Gasteiger partial charge in [0.25, 0.3) is 0 Å². The maximum Gasteiger partial charge on any atom is 0.307 e. The molecular formula is C9H6BrClN2O2. The smallest absolute Gasteiger partial charge is 0.307 e. The van der Waals surface area contributed by atoms with Crippen LogP contribution < -0.4 is 0 Å². The van der Waals surface area contributed by atoms with Crippen LogP contribution in [0.1, 0.15) is 5.56 Å². The first-order valence-corrected chi connectivity index (χ1v) is 5.28. The summed E-state index contributed by atoms with van der Waals surface area (Å²) < 4.78 is 2.23. The summed E-state index contributed by atoms with van der Waals surface area (Å²) in [7, 11) is 0. The van der Waals surface area contributed by atoms with E-state index in [0.29, 0.717) is 20.6 Å². The third-order valence-electron chi connectivity index (χ3n) is 2.02. The first kappa shape index (κ1) is 10.4. The van der Waals surface area contributed by atoms with E-state index in [0.717, 1.165) is 0 Å². The Kier molecular flexibility index (Phi) is 2.67. The zero-order valence-corrected chi connectivity index (χ0v) is 9.79. The van der Waals surface area contributed by atoms with Gasteiger partial charge < -0.3 is 5.11 Å². The fourth-order valence-corrected chi connectivity index (χ4v) is 2.04. The summed E-state index contributed by atoms with van der Waals surface area (Å²) in [5.74, 6) is -0.918. The van der Waals surface area contributed by atoms with Crippen molar-refractivity contribution in [3.05, 3.63) is 33.5 Å². The second-order valence-electron chi connectivity index (χ2n) is 3.00. The first-order valence-electron chi connectivity index (χ1n) is 4.11. The summed E-state index contributed by atoms with van der Waals surface area (Å²) in [6.45, 7) is 0. The van der Waals surface area contributed by atoms with Gasteiger partial charge >= 0.3 is 5.97 Å². The Hall–Kier alpha value is -1.07. The molecule has 0 fully saturated rings. The SMILES string of the molecule is O=C(O)Cc1c(Cl)c(Br)cn2nccc12. The molecule has 0 aliphatic carbocycles. The van der Waals surface area contributed by atoms with Gasteiger partial charge in [-0.1, -0.05) is 11.6 Å². The van der Waals surface area contributed by atoms with Gasteiger partial charge in [0.15, 0.2) is 0 Å². The molecule has 1 N–H and O–H groups in total. The average molecular weight is 290 g/mol. The lowest BCUT2D eigenvalue weighted by Crippen LogP contribution is -2.03. The molecule has 2 heterocycles. The van der Waals surface area contributed by atoms with Crippen LogP contribution in [0.4, 0.5) is 0 Å². The highest BCUT2D eigenvalue weighted by molar-refractivity contribution is 9.10. The molecule has 0 bridgehead atoms. The van der Waals surface area contributed by atoms with E-state index in [1.807, 2.05) is 0 Å². The fraction of sp³-hybridized carbons (Fsp3) is 0.111. The van der Waals surface area contributed by atoms with Gasteiger partial charge in [-0.25, -0.2) is 4.52 Å². The molecule has 0 spiro atoms. The molecule has 0 radical (unpaired) electrons. The van der Waals surface area contributed by atoms with Gasteiger partial charge in [-0.3, -0.25) is 4.79 Å². The lowest BCUT2D eigenvalue weighted by molar-refractivity contribution is -0.136. The molecule has 0 atom stereocenters. The van der Waals surface area contributed by atoms with E-state index < -0.39 is 5.97 Å². The Bertz CT molecular complexity index is 538. The minimum absolute atomic E-state index is 0.118. The number of pyridine rings is 1. The molecule has 0 unspecified atom stereocenters. The van der Waals surface area contributed by atoms with E-state index in [1.54, 1.807) is 23.0 Å². The number of carboxylic acid groups (broad SMARTS) is 1. The van der Waals surface area contributed by atoms with Crippen molar-refractivity contribution in [3.63, 3.8) is 0 Å². The van der Waals surface area contributed by atoms with Crippen molar-refractivity contribution in [2.75, 3.05) is 0 Å². The standard InChI is InChI=1S/C9H6BrClN2O2/c10-6-4-13-7(1-2-12-13)5(9(6)11)3-8(14)15/h1-2,4H,3H2,(H,14,15). The topological polar surface area (TPSA) is 54.6 Å². The van der Waals surface area contributed by atoms with E-state index in [1.165, 1.54) is 0 Å². The van der Waals surface area contributed by atoms with Crippen molar-refractivity contribution in [1.29, 1.82) is 0 Å². The van der Waals surface area contributed by atoms with Crippen LogP contribution >= 0.6 is 27.5 Å². The highest BCUT2D eigenvalue weighted by Crippen LogP contribution is 2.29. The number of aromatic nitrogens is 2. The van der Waals surface area contributed by atoms with Crippen LogP contribution in [0.25, 0.3) is 5.52 Å². The molecule has 0 aromatic carbocycles. The molecule has 0 amide bonds. The minimum Gasteiger partial charge on any atom is -0.481 e. The van der Waals surface area contributed by atoms with Crippen LogP contribution in [0, 0.1) is 0 Å². The quantitative estimate of drug-likeness (QED) is 0.923. The first-order chi connectivity index (χ1) is 7.09. The van der Waals surface area contributed by atoms with Gasteiger partial charge in [0.1, 0.15) is 0 Å². The Morgan fingerprint density at radius 2 is 2.40 bits per heavy atom. The monoisotopic (exact) mass is 288 g/mol. The molecule has 0 saturated heterocycles. The number of carboxylic acids is 1. The van der Waals surface area contributed by atoms with Crippen LogP contribution in [0.5, 0.6) is 0 Å². The number of hydrogen-bond donors (Lipinski definition) is 1. The molecule has 0 aliphatic rings. The van der Waals surface area contributed by atoms with Crippen LogP contribution in [-0.2, 0) is 11.2 Å². The molecule has 6 heteroatoms. The van der Waals surface area contributed by atoms with Crippen LogP contribution in [-0.4, -0.2) is 20.7 Å². The van der Waals surface area contributed by atoms with Crippen molar-refractivity contribution < 1.29 is 9.90 Å². The van der Waals surface area contributed by atoms with Crippen molar-refractivity contribution in [2.45, 2.75) is 6.42 Å². The fourth-order valence-electron chi connectivity index (χ4n) is 1.40. The summed E-state index contributed by atoms with van der Waals surface area (Å²) in [4.78, 5) is 10.7. The maximum atomic E-state index is 10.7. The molecule has 2 aromatic heterocycles. The number of rotatable bonds is 2. The van der Waals surface area contributed by atoms with E-state index in [2.05, 4.69) is 21.0 Å². The Balaban J connectivity index is 2.71. The second kappa shape index (κ2) is 3.83. The summed E-state index contributed by atoms with van der Waals surface area (Å²) in [6, 6.07) is 1.73. The molecular weight excluding hydrogens is 283 g/mol. The molecule has 0 saturated carbocycles. The lowest BCUT2D eigenvalue weighted by atomic mass is 10.1. The molecule has 2 rings (SSSR count). The highest BCUT2D eigenvalue weighted by atomic mass is 79.9. The van der Waals surface area contributed by atoms with Crippen molar-refractivity contribution in [3.8, 4) is 0 Å². The molecule has 2 aromatic rings. The third kappa shape index (κ3) is 1.85. The van der Waals surface area contributed by atoms with Gasteiger partial charge in [0.2, 0.25) is 0 Å². The molecule has 15 heavy (non-hydrogen) atoms. The van der Waals surface area contributed by atoms with Crippen LogP contribution in [0.15, 0.2) is 22.9 Å². The van der Waals surface area contributed by atoms with Crippen LogP contribution in [0.3, 0.4) is 0 Å². The largest absolute Gasteiger partial charge is 0.481 e. The third-order valence-corrected chi connectivity index (χ3v) is 3.28. The average Bonchev–Trinajstić information content (AvgIpc) is 2.59. The van der Waals surface area contributed by atoms with Gasteiger partial charge in [-0.2, -0.15) is 5.10 Å². The zero-order valence-electron chi connectivity index (χ0n) is 7.44. The Labute approximate surface area is 98.6 Å². The predicted molar refractivity (Wildman–Crippen MR) is 59.2 cm³/mol. The van der Waals surface area contributed by atoms with Gasteiger partial charge in [0.05, 0.1) is 21.4 Å². The van der Waals surface area contributed by atoms with Crippen molar-refractivity contribution in [2.24, 2.45) is 0 Å². The summed E-state index contributed by atoms with van der Waals surface area (Å²) in [5, 5.41) is 13.2. The maximum absolute atomic E-state index is 10.7. The summed E-state index contributed by atoms with van der Waals surface area (Å²) in [5.41, 5.74) is 1.28. The second-order valence-corrected chi connectivity index (χ2v) is 4.23. The number of nitrogens with zero attached hydrogens (tertiary/aromatic N) is 2. The zero-order chi connectivity index (χ0) is 11.0. The van der Waals surface area contributed by atoms with E-state index >= 15 is 0 Å². The van der Waals surface area contributed by atoms with E-state index in [4.69, 9.17) is 16.7 Å². The number of aliphatic carboxylic acids is 1. The van der Waals surface area contributed by atoms with E-state index in [-0.39, 0.29) is 6.42 Å². The van der Waals surface area contributed by atoms with Gasteiger partial charge in [-0.05, 0) is 22.0 Å². The highest BCUT2D eigenvalue weighted by Gasteiger charge is 2.13. The van der Waals surface area contributed by atoms with E-state index in [9.17, 15) is 4.79 Å². The molecule has 4 nitrogen and oxygen atoms in total. The lowest BCUT2D eigenvalue weighted by Gasteiger charge is -2.06. The Morgan fingerprint density at radius 1 is 1.67 bits per heavy atom. The molecule has 0 aliphatic heterocycles. The minimum atomic E-state index is -0.918. The Morgan fingerprint density at radius 3 is 3.07 bits per heavy atom. The normalized spacial score (nSPS) is 10.8.